The molecule has 110 valence electrons. The predicted molar refractivity (Wildman–Crippen MR) is 85.4 cm³/mol. The molecule has 2 rings (SSSR count). The van der Waals surface area contributed by atoms with Crippen LogP contribution in [0, 0.1) is 5.82 Å². The van der Waals surface area contributed by atoms with Gasteiger partial charge in [-0.3, -0.25) is 4.21 Å². The molecule has 1 aromatic heterocycles. The summed E-state index contributed by atoms with van der Waals surface area (Å²) in [5.41, 5.74) is 1.50. The van der Waals surface area contributed by atoms with E-state index in [4.69, 9.17) is 11.6 Å². The molecule has 7 heteroatoms. The number of alkyl halides is 1. The van der Waals surface area contributed by atoms with E-state index in [2.05, 4.69) is 20.9 Å². The van der Waals surface area contributed by atoms with Crippen LogP contribution in [0.2, 0.25) is 0 Å². The van der Waals surface area contributed by atoms with E-state index in [1.807, 2.05) is 4.57 Å². The number of hydrogen-bond donors (Lipinski definition) is 0. The largest absolute Gasteiger partial charge is 0.328 e. The van der Waals surface area contributed by atoms with E-state index in [9.17, 15) is 8.60 Å². The van der Waals surface area contributed by atoms with Gasteiger partial charge in [-0.1, -0.05) is 0 Å². The summed E-state index contributed by atoms with van der Waals surface area (Å²) in [6.07, 6.45) is 3.08. The van der Waals surface area contributed by atoms with Gasteiger partial charge in [0.05, 0.1) is 15.5 Å². The lowest BCUT2D eigenvalue weighted by Crippen LogP contribution is -2.07. The quantitative estimate of drug-likeness (QED) is 0.718. The average Bonchev–Trinajstić information content (AvgIpc) is 2.68. The van der Waals surface area contributed by atoms with Gasteiger partial charge >= 0.3 is 0 Å². The first kappa shape index (κ1) is 15.9. The van der Waals surface area contributed by atoms with Crippen LogP contribution in [0.4, 0.5) is 4.39 Å². The molecule has 1 unspecified atom stereocenters. The first-order valence-electron chi connectivity index (χ1n) is 6.23. The molecule has 0 saturated carbocycles. The molecule has 0 amide bonds. The van der Waals surface area contributed by atoms with Crippen LogP contribution in [0.15, 0.2) is 16.6 Å². The van der Waals surface area contributed by atoms with E-state index in [1.54, 1.807) is 12.3 Å². The third kappa shape index (κ3) is 3.59. The molecule has 3 nitrogen and oxygen atoms in total. The topological polar surface area (TPSA) is 34.9 Å². The Morgan fingerprint density at radius 2 is 2.25 bits per heavy atom. The fourth-order valence-corrected chi connectivity index (χ4v) is 3.16. The van der Waals surface area contributed by atoms with Gasteiger partial charge < -0.3 is 4.57 Å². The molecule has 2 aromatic rings. The van der Waals surface area contributed by atoms with Gasteiger partial charge in [0.1, 0.15) is 11.6 Å². The minimum Gasteiger partial charge on any atom is -0.328 e. The smallest absolute Gasteiger partial charge is 0.139 e. The van der Waals surface area contributed by atoms with Crippen LogP contribution in [0.25, 0.3) is 11.0 Å². The van der Waals surface area contributed by atoms with Gasteiger partial charge in [-0.2, -0.15) is 0 Å². The molecule has 1 aromatic carbocycles. The lowest BCUT2D eigenvalue weighted by Gasteiger charge is -2.08. The zero-order valence-corrected chi connectivity index (χ0v) is 14.2. The summed E-state index contributed by atoms with van der Waals surface area (Å²) < 4.78 is 27.2. The number of fused-ring (bicyclic) bond motifs is 1. The number of benzene rings is 1. The monoisotopic (exact) mass is 380 g/mol. The summed E-state index contributed by atoms with van der Waals surface area (Å²) in [4.78, 5) is 4.51. The Labute approximate surface area is 133 Å². The number of nitrogens with zero attached hydrogens (tertiary/aromatic N) is 2. The van der Waals surface area contributed by atoms with Gasteiger partial charge in [0.15, 0.2) is 0 Å². The van der Waals surface area contributed by atoms with E-state index in [-0.39, 0.29) is 5.82 Å². The molecule has 0 aliphatic rings. The van der Waals surface area contributed by atoms with Crippen LogP contribution >= 0.6 is 27.5 Å². The van der Waals surface area contributed by atoms with E-state index >= 15 is 0 Å². The predicted octanol–water partition coefficient (Wildman–Crippen LogP) is 3.49. The van der Waals surface area contributed by atoms with Crippen molar-refractivity contribution in [2.24, 2.45) is 0 Å². The molecule has 20 heavy (non-hydrogen) atoms. The Morgan fingerprint density at radius 3 is 2.90 bits per heavy atom. The van der Waals surface area contributed by atoms with Crippen molar-refractivity contribution >= 4 is 49.4 Å². The highest BCUT2D eigenvalue weighted by Gasteiger charge is 2.13. The van der Waals surface area contributed by atoms with Crippen molar-refractivity contribution in [2.75, 3.05) is 17.9 Å². The second-order valence-electron chi connectivity index (χ2n) is 4.50. The highest BCUT2D eigenvalue weighted by Crippen LogP contribution is 2.24. The SMILES string of the molecule is CS(=O)CCCn1c(CCCl)nc2cc(Br)c(F)cc21. The lowest BCUT2D eigenvalue weighted by atomic mass is 10.3. The maximum Gasteiger partial charge on any atom is 0.139 e. The molecule has 0 bridgehead atoms. The van der Waals surface area contributed by atoms with Crippen LogP contribution in [0.5, 0.6) is 0 Å². The van der Waals surface area contributed by atoms with Crippen molar-refractivity contribution in [2.45, 2.75) is 19.4 Å². The molecule has 1 heterocycles. The van der Waals surface area contributed by atoms with Crippen LogP contribution in [0.1, 0.15) is 12.2 Å². The summed E-state index contributed by atoms with van der Waals surface area (Å²) >= 11 is 8.97. The van der Waals surface area contributed by atoms with Gasteiger partial charge in [0.2, 0.25) is 0 Å². The Kier molecular flexibility index (Phi) is 5.57. The molecular weight excluding hydrogens is 367 g/mol. The number of hydrogen-bond acceptors (Lipinski definition) is 2. The standard InChI is InChI=1S/C13H15BrClFN2OS/c1-20(19)6-2-5-18-12-8-10(16)9(14)7-11(12)17-13(18)3-4-15/h7-8H,2-6H2,1H3. The maximum absolute atomic E-state index is 13.7. The van der Waals surface area contributed by atoms with Crippen molar-refractivity contribution in [3.05, 3.63) is 28.2 Å². The van der Waals surface area contributed by atoms with E-state index < -0.39 is 10.8 Å². The highest BCUT2D eigenvalue weighted by atomic mass is 79.9. The van der Waals surface area contributed by atoms with Gasteiger partial charge in [0.25, 0.3) is 0 Å². The third-order valence-corrected chi connectivity index (χ3v) is 4.66. The third-order valence-electron chi connectivity index (χ3n) is 3.00. The van der Waals surface area contributed by atoms with E-state index in [1.165, 1.54) is 6.07 Å². The summed E-state index contributed by atoms with van der Waals surface area (Å²) in [6.45, 7) is 0.670. The highest BCUT2D eigenvalue weighted by molar-refractivity contribution is 9.10. The second-order valence-corrected chi connectivity index (χ2v) is 7.29. The molecule has 0 aliphatic carbocycles. The Balaban J connectivity index is 2.39. The number of halogens is 3. The van der Waals surface area contributed by atoms with E-state index in [0.717, 1.165) is 23.3 Å². The van der Waals surface area contributed by atoms with Crippen molar-refractivity contribution < 1.29 is 8.60 Å². The van der Waals surface area contributed by atoms with Crippen molar-refractivity contribution in [3.8, 4) is 0 Å². The fourth-order valence-electron chi connectivity index (χ4n) is 2.12. The molecule has 0 saturated heterocycles. The first-order valence-corrected chi connectivity index (χ1v) is 9.28. The summed E-state index contributed by atoms with van der Waals surface area (Å²) in [5, 5.41) is 0. The second kappa shape index (κ2) is 7.00. The summed E-state index contributed by atoms with van der Waals surface area (Å²) in [7, 11) is -0.821. The van der Waals surface area contributed by atoms with E-state index in [0.29, 0.717) is 29.1 Å². The van der Waals surface area contributed by atoms with Crippen LogP contribution in [-0.4, -0.2) is 31.6 Å². The normalized spacial score (nSPS) is 13.0. The van der Waals surface area contributed by atoms with Crippen molar-refractivity contribution in [1.29, 1.82) is 0 Å². The zero-order valence-electron chi connectivity index (χ0n) is 11.0. The lowest BCUT2D eigenvalue weighted by molar-refractivity contribution is 0.618. The maximum atomic E-state index is 13.7. The summed E-state index contributed by atoms with van der Waals surface area (Å²) in [5.74, 6) is 1.62. The Morgan fingerprint density at radius 1 is 1.50 bits per heavy atom. The molecule has 1 atom stereocenters. The van der Waals surface area contributed by atoms with Crippen molar-refractivity contribution in [1.82, 2.24) is 9.55 Å². The number of imidazole rings is 1. The average molecular weight is 382 g/mol. The first-order chi connectivity index (χ1) is 9.52. The summed E-state index contributed by atoms with van der Waals surface area (Å²) in [6, 6.07) is 3.16. The van der Waals surface area contributed by atoms with Gasteiger partial charge in [0, 0.05) is 47.7 Å². The van der Waals surface area contributed by atoms with Crippen LogP contribution < -0.4 is 0 Å². The molecule has 0 aliphatic heterocycles. The van der Waals surface area contributed by atoms with Crippen molar-refractivity contribution in [3.63, 3.8) is 0 Å². The number of aromatic nitrogens is 2. The Hall–Kier alpha value is -0.460. The fraction of sp³-hybridized carbons (Fsp3) is 0.462. The van der Waals surface area contributed by atoms with Gasteiger partial charge in [-0.15, -0.1) is 11.6 Å². The molecular formula is C13H15BrClFN2OS. The number of rotatable bonds is 6. The van der Waals surface area contributed by atoms with Crippen LogP contribution in [0.3, 0.4) is 0 Å². The molecule has 0 fully saturated rings. The molecule has 0 radical (unpaired) electrons. The minimum atomic E-state index is -0.821. The van der Waals surface area contributed by atoms with Gasteiger partial charge in [-0.05, 0) is 28.4 Å². The minimum absolute atomic E-state index is 0.310. The zero-order chi connectivity index (χ0) is 14.7. The van der Waals surface area contributed by atoms with Gasteiger partial charge in [-0.25, -0.2) is 9.37 Å². The molecule has 0 N–H and O–H groups in total. The van der Waals surface area contributed by atoms with Crippen LogP contribution in [-0.2, 0) is 23.8 Å². The number of aryl methyl sites for hydroxylation is 2. The molecule has 0 spiro atoms. The Bertz CT molecular complexity index is 647.